The van der Waals surface area contributed by atoms with E-state index >= 15 is 0 Å². The van der Waals surface area contributed by atoms with Crippen LogP contribution in [-0.2, 0) is 9.59 Å². The summed E-state index contributed by atoms with van der Waals surface area (Å²) in [5.41, 5.74) is 2.15. The zero-order valence-electron chi connectivity index (χ0n) is 14.9. The van der Waals surface area contributed by atoms with Crippen LogP contribution in [0.3, 0.4) is 0 Å². The number of nitrogens with one attached hydrogen (secondary N) is 3. The van der Waals surface area contributed by atoms with Gasteiger partial charge >= 0.3 is 0 Å². The maximum atomic E-state index is 13.1. The standard InChI is InChI=1S/C19H21ClFN3O2/c1-12-4-7-15(8-5-12)22-18(25)11-24(3)13(2)19(26)23-17-9-6-14(21)10-16(17)20/h4-10,13H,11H2,1-3H3,(H,22,25)(H,23,26)/p+1/t13-/m1/s1. The predicted octanol–water partition coefficient (Wildman–Crippen LogP) is 2.27. The first-order valence-corrected chi connectivity index (χ1v) is 8.59. The lowest BCUT2D eigenvalue weighted by Gasteiger charge is -2.21. The summed E-state index contributed by atoms with van der Waals surface area (Å²) in [6.07, 6.45) is 0. The van der Waals surface area contributed by atoms with Crippen molar-refractivity contribution in [3.63, 3.8) is 0 Å². The van der Waals surface area contributed by atoms with Gasteiger partial charge in [-0.05, 0) is 44.2 Å². The zero-order chi connectivity index (χ0) is 19.3. The van der Waals surface area contributed by atoms with Gasteiger partial charge in [-0.2, -0.15) is 0 Å². The molecule has 5 nitrogen and oxygen atoms in total. The van der Waals surface area contributed by atoms with Crippen molar-refractivity contribution >= 4 is 34.8 Å². The predicted molar refractivity (Wildman–Crippen MR) is 101 cm³/mol. The Morgan fingerprint density at radius 3 is 2.42 bits per heavy atom. The quantitative estimate of drug-likeness (QED) is 0.722. The third-order valence-electron chi connectivity index (χ3n) is 4.10. The normalized spacial score (nSPS) is 13.0. The second-order valence-corrected chi connectivity index (χ2v) is 6.68. The molecule has 0 heterocycles. The average Bonchev–Trinajstić information content (AvgIpc) is 2.58. The monoisotopic (exact) mass is 378 g/mol. The van der Waals surface area contributed by atoms with E-state index in [1.807, 2.05) is 31.2 Å². The van der Waals surface area contributed by atoms with E-state index in [9.17, 15) is 14.0 Å². The fourth-order valence-corrected chi connectivity index (χ4v) is 2.52. The number of halogens is 2. The summed E-state index contributed by atoms with van der Waals surface area (Å²) in [7, 11) is 1.76. The van der Waals surface area contributed by atoms with Gasteiger partial charge in [-0.3, -0.25) is 9.59 Å². The third kappa shape index (κ3) is 5.54. The van der Waals surface area contributed by atoms with Gasteiger partial charge in [0.05, 0.1) is 17.8 Å². The minimum absolute atomic E-state index is 0.125. The first-order chi connectivity index (χ1) is 12.3. The average molecular weight is 379 g/mol. The Hall–Kier alpha value is -2.44. The zero-order valence-corrected chi connectivity index (χ0v) is 15.7. The van der Waals surface area contributed by atoms with Crippen LogP contribution in [-0.4, -0.2) is 31.4 Å². The highest BCUT2D eigenvalue weighted by Gasteiger charge is 2.24. The van der Waals surface area contributed by atoms with Crippen LogP contribution in [0.5, 0.6) is 0 Å². The molecule has 0 aliphatic rings. The Labute approximate surface area is 157 Å². The molecule has 1 unspecified atom stereocenters. The van der Waals surface area contributed by atoms with E-state index < -0.39 is 11.9 Å². The number of hydrogen-bond donors (Lipinski definition) is 3. The molecule has 0 saturated carbocycles. The molecule has 138 valence electrons. The lowest BCUT2D eigenvalue weighted by molar-refractivity contribution is -0.885. The van der Waals surface area contributed by atoms with Crippen LogP contribution >= 0.6 is 11.6 Å². The van der Waals surface area contributed by atoms with Gasteiger partial charge < -0.3 is 15.5 Å². The fraction of sp³-hybridized carbons (Fsp3) is 0.263. The van der Waals surface area contributed by atoms with E-state index in [0.717, 1.165) is 11.6 Å². The number of carbonyl (C=O) groups excluding carboxylic acids is 2. The van der Waals surface area contributed by atoms with E-state index in [1.165, 1.54) is 12.1 Å². The lowest BCUT2D eigenvalue weighted by Crippen LogP contribution is -3.14. The molecule has 2 amide bonds. The van der Waals surface area contributed by atoms with Crippen molar-refractivity contribution in [2.75, 3.05) is 24.2 Å². The van der Waals surface area contributed by atoms with E-state index in [1.54, 1.807) is 14.0 Å². The van der Waals surface area contributed by atoms with E-state index in [0.29, 0.717) is 16.3 Å². The van der Waals surface area contributed by atoms with Gasteiger partial charge in [0.15, 0.2) is 12.6 Å². The van der Waals surface area contributed by atoms with Gasteiger partial charge in [0.1, 0.15) is 5.82 Å². The van der Waals surface area contributed by atoms with Crippen molar-refractivity contribution in [1.29, 1.82) is 0 Å². The topological polar surface area (TPSA) is 62.6 Å². The van der Waals surface area contributed by atoms with Crippen LogP contribution in [0.25, 0.3) is 0 Å². The molecule has 0 aliphatic carbocycles. The van der Waals surface area contributed by atoms with Gasteiger partial charge in [-0.25, -0.2) is 4.39 Å². The summed E-state index contributed by atoms with van der Waals surface area (Å²) in [4.78, 5) is 25.2. The molecule has 2 aromatic rings. The number of hydrogen-bond acceptors (Lipinski definition) is 2. The number of carbonyl (C=O) groups is 2. The highest BCUT2D eigenvalue weighted by Crippen LogP contribution is 2.22. The molecular weight excluding hydrogens is 357 g/mol. The van der Waals surface area contributed by atoms with E-state index in [-0.39, 0.29) is 23.4 Å². The van der Waals surface area contributed by atoms with Crippen LogP contribution in [0.15, 0.2) is 42.5 Å². The molecule has 2 rings (SSSR count). The molecule has 2 atom stereocenters. The molecule has 0 bridgehead atoms. The maximum absolute atomic E-state index is 13.1. The van der Waals surface area contributed by atoms with Crippen molar-refractivity contribution in [3.05, 3.63) is 58.9 Å². The highest BCUT2D eigenvalue weighted by atomic mass is 35.5. The molecule has 3 N–H and O–H groups in total. The molecule has 26 heavy (non-hydrogen) atoms. The SMILES string of the molecule is Cc1ccc(NC(=O)C[NH+](C)[C@H](C)C(=O)Nc2ccc(F)cc2Cl)cc1. The smallest absolute Gasteiger partial charge is 0.282 e. The number of likely N-dealkylation sites (N-methyl/N-ethyl adjacent to an activating group) is 1. The number of quaternary nitrogens is 1. The Morgan fingerprint density at radius 1 is 1.15 bits per heavy atom. The third-order valence-corrected chi connectivity index (χ3v) is 4.41. The molecule has 0 spiro atoms. The second kappa shape index (κ2) is 8.78. The van der Waals surface area contributed by atoms with Crippen molar-refractivity contribution in [2.24, 2.45) is 0 Å². The highest BCUT2D eigenvalue weighted by molar-refractivity contribution is 6.33. The summed E-state index contributed by atoms with van der Waals surface area (Å²) in [5, 5.41) is 5.59. The summed E-state index contributed by atoms with van der Waals surface area (Å²) in [6, 6.07) is 10.7. The Balaban J connectivity index is 1.90. The minimum atomic E-state index is -0.500. The van der Waals surface area contributed by atoms with Crippen LogP contribution in [0, 0.1) is 12.7 Å². The molecule has 2 aromatic carbocycles. The molecule has 0 radical (unpaired) electrons. The van der Waals surface area contributed by atoms with Gasteiger partial charge in [-0.1, -0.05) is 29.3 Å². The van der Waals surface area contributed by atoms with Crippen molar-refractivity contribution in [2.45, 2.75) is 19.9 Å². The van der Waals surface area contributed by atoms with Crippen molar-refractivity contribution in [3.8, 4) is 0 Å². The van der Waals surface area contributed by atoms with Crippen molar-refractivity contribution < 1.29 is 18.9 Å². The van der Waals surface area contributed by atoms with Gasteiger partial charge in [-0.15, -0.1) is 0 Å². The Morgan fingerprint density at radius 2 is 1.81 bits per heavy atom. The first-order valence-electron chi connectivity index (χ1n) is 8.21. The second-order valence-electron chi connectivity index (χ2n) is 6.27. The molecule has 7 heteroatoms. The Kier molecular flexibility index (Phi) is 6.71. The molecular formula is C19H22ClFN3O2+. The number of aryl methyl sites for hydroxylation is 1. The minimum Gasteiger partial charge on any atom is -0.321 e. The summed E-state index contributed by atoms with van der Waals surface area (Å²) < 4.78 is 13.1. The van der Waals surface area contributed by atoms with Crippen LogP contribution in [0.2, 0.25) is 5.02 Å². The van der Waals surface area contributed by atoms with E-state index in [2.05, 4.69) is 10.6 Å². The van der Waals surface area contributed by atoms with Gasteiger partial charge in [0.25, 0.3) is 11.8 Å². The summed E-state index contributed by atoms with van der Waals surface area (Å²) in [6.45, 7) is 3.80. The molecule has 0 aromatic heterocycles. The molecule has 0 fully saturated rings. The van der Waals surface area contributed by atoms with Crippen LogP contribution in [0.1, 0.15) is 12.5 Å². The molecule has 0 saturated heterocycles. The molecule has 0 aliphatic heterocycles. The number of benzene rings is 2. The van der Waals surface area contributed by atoms with Gasteiger partial charge in [0, 0.05) is 5.69 Å². The summed E-state index contributed by atoms with van der Waals surface area (Å²) >= 11 is 5.92. The van der Waals surface area contributed by atoms with Crippen LogP contribution in [0.4, 0.5) is 15.8 Å². The number of rotatable bonds is 6. The van der Waals surface area contributed by atoms with Gasteiger partial charge in [0.2, 0.25) is 0 Å². The largest absolute Gasteiger partial charge is 0.321 e. The van der Waals surface area contributed by atoms with Crippen LogP contribution < -0.4 is 15.5 Å². The fourth-order valence-electron chi connectivity index (χ4n) is 2.30. The van der Waals surface area contributed by atoms with E-state index in [4.69, 9.17) is 11.6 Å². The maximum Gasteiger partial charge on any atom is 0.282 e. The number of anilines is 2. The number of amides is 2. The van der Waals surface area contributed by atoms with Crippen molar-refractivity contribution in [1.82, 2.24) is 0 Å². The summed E-state index contributed by atoms with van der Waals surface area (Å²) in [5.74, 6) is -0.971. The first kappa shape index (κ1) is 19.9. The Bertz CT molecular complexity index is 796. The lowest BCUT2D eigenvalue weighted by atomic mass is 10.2.